The fourth-order valence-corrected chi connectivity index (χ4v) is 2.74. The molecule has 1 aromatic rings. The molecular weight excluding hydrogens is 250 g/mol. The number of piperazine rings is 1. The predicted octanol–water partition coefficient (Wildman–Crippen LogP) is 1.72. The summed E-state index contributed by atoms with van der Waals surface area (Å²) in [5.41, 5.74) is 0.653. The van der Waals surface area contributed by atoms with Gasteiger partial charge in [0.25, 0.3) is 0 Å². The average molecular weight is 271 g/mol. The number of rotatable bonds is 5. The van der Waals surface area contributed by atoms with Crippen molar-refractivity contribution in [3.8, 4) is 11.8 Å². The Morgan fingerprint density at radius 1 is 1.20 bits per heavy atom. The zero-order chi connectivity index (χ0) is 13.8. The number of hydrogen-bond acceptors (Lipinski definition) is 4. The highest BCUT2D eigenvalue weighted by atomic mass is 16.5. The van der Waals surface area contributed by atoms with Gasteiger partial charge in [-0.25, -0.2) is 0 Å². The Labute approximate surface area is 120 Å². The third-order valence-corrected chi connectivity index (χ3v) is 4.11. The van der Waals surface area contributed by atoms with E-state index in [0.717, 1.165) is 31.4 Å². The summed E-state index contributed by atoms with van der Waals surface area (Å²) in [5.74, 6) is 0.792. The van der Waals surface area contributed by atoms with E-state index in [1.807, 2.05) is 12.1 Å². The van der Waals surface area contributed by atoms with E-state index in [-0.39, 0.29) is 0 Å². The highest BCUT2D eigenvalue weighted by molar-refractivity contribution is 5.36. The van der Waals surface area contributed by atoms with E-state index < -0.39 is 0 Å². The minimum absolute atomic E-state index is 0.653. The second kappa shape index (κ2) is 6.25. The summed E-state index contributed by atoms with van der Waals surface area (Å²) in [7, 11) is 0. The van der Waals surface area contributed by atoms with Crippen molar-refractivity contribution in [1.82, 2.24) is 9.80 Å². The topological polar surface area (TPSA) is 39.5 Å². The van der Waals surface area contributed by atoms with Gasteiger partial charge in [0.05, 0.1) is 11.6 Å². The molecule has 0 N–H and O–H groups in total. The zero-order valence-corrected chi connectivity index (χ0v) is 11.8. The van der Waals surface area contributed by atoms with Crippen molar-refractivity contribution in [2.75, 3.05) is 39.3 Å². The SMILES string of the molecule is N#Cc1cccc(OCCN2CCN(C3CC3)CC2)c1. The molecule has 1 heterocycles. The van der Waals surface area contributed by atoms with E-state index in [2.05, 4.69) is 15.9 Å². The number of ether oxygens (including phenoxy) is 1. The van der Waals surface area contributed by atoms with Crippen LogP contribution in [-0.2, 0) is 0 Å². The number of benzene rings is 1. The Bertz CT molecular complexity index is 485. The minimum atomic E-state index is 0.653. The summed E-state index contributed by atoms with van der Waals surface area (Å²) in [6.07, 6.45) is 2.80. The van der Waals surface area contributed by atoms with Gasteiger partial charge in [0.2, 0.25) is 0 Å². The van der Waals surface area contributed by atoms with Gasteiger partial charge in [-0.05, 0) is 31.0 Å². The molecule has 0 bridgehead atoms. The van der Waals surface area contributed by atoms with Crippen molar-refractivity contribution in [3.63, 3.8) is 0 Å². The lowest BCUT2D eigenvalue weighted by atomic mass is 10.2. The van der Waals surface area contributed by atoms with Crippen molar-refractivity contribution in [1.29, 1.82) is 5.26 Å². The second-order valence-electron chi connectivity index (χ2n) is 5.60. The van der Waals surface area contributed by atoms with E-state index in [4.69, 9.17) is 10.00 Å². The van der Waals surface area contributed by atoms with Crippen LogP contribution in [0.4, 0.5) is 0 Å². The van der Waals surface area contributed by atoms with Gasteiger partial charge >= 0.3 is 0 Å². The molecule has 1 saturated heterocycles. The van der Waals surface area contributed by atoms with Crippen LogP contribution in [0.3, 0.4) is 0 Å². The predicted molar refractivity (Wildman–Crippen MR) is 77.7 cm³/mol. The van der Waals surface area contributed by atoms with Crippen molar-refractivity contribution in [2.24, 2.45) is 0 Å². The van der Waals surface area contributed by atoms with E-state index in [9.17, 15) is 0 Å². The lowest BCUT2D eigenvalue weighted by Crippen LogP contribution is -2.48. The van der Waals surface area contributed by atoms with Crippen LogP contribution < -0.4 is 4.74 Å². The molecule has 0 aromatic heterocycles. The minimum Gasteiger partial charge on any atom is -0.492 e. The summed E-state index contributed by atoms with van der Waals surface area (Å²) in [6, 6.07) is 10.4. The van der Waals surface area contributed by atoms with Crippen molar-refractivity contribution < 1.29 is 4.74 Å². The number of nitrogens with zero attached hydrogens (tertiary/aromatic N) is 3. The van der Waals surface area contributed by atoms with Gasteiger partial charge in [0, 0.05) is 38.8 Å². The van der Waals surface area contributed by atoms with Gasteiger partial charge in [-0.1, -0.05) is 6.07 Å². The Balaban J connectivity index is 1.38. The first kappa shape index (κ1) is 13.4. The first-order valence-electron chi connectivity index (χ1n) is 7.44. The van der Waals surface area contributed by atoms with Gasteiger partial charge in [0.15, 0.2) is 0 Å². The third kappa shape index (κ3) is 3.50. The maximum Gasteiger partial charge on any atom is 0.120 e. The fourth-order valence-electron chi connectivity index (χ4n) is 2.74. The smallest absolute Gasteiger partial charge is 0.120 e. The molecule has 1 aromatic carbocycles. The summed E-state index contributed by atoms with van der Waals surface area (Å²) in [6.45, 7) is 6.37. The molecule has 3 rings (SSSR count). The van der Waals surface area contributed by atoms with Crippen molar-refractivity contribution in [3.05, 3.63) is 29.8 Å². The Morgan fingerprint density at radius 3 is 2.70 bits per heavy atom. The van der Waals surface area contributed by atoms with Crippen molar-refractivity contribution >= 4 is 0 Å². The van der Waals surface area contributed by atoms with Crippen molar-refractivity contribution in [2.45, 2.75) is 18.9 Å². The molecule has 0 radical (unpaired) electrons. The highest BCUT2D eigenvalue weighted by Gasteiger charge is 2.30. The Kier molecular flexibility index (Phi) is 4.19. The zero-order valence-electron chi connectivity index (χ0n) is 11.8. The van der Waals surface area contributed by atoms with Crippen LogP contribution in [0.25, 0.3) is 0 Å². The normalized spacial score (nSPS) is 20.6. The van der Waals surface area contributed by atoms with Crippen LogP contribution in [0.1, 0.15) is 18.4 Å². The van der Waals surface area contributed by atoms with E-state index in [1.54, 1.807) is 12.1 Å². The molecule has 2 aliphatic rings. The van der Waals surface area contributed by atoms with Gasteiger partial charge in [-0.2, -0.15) is 5.26 Å². The monoisotopic (exact) mass is 271 g/mol. The summed E-state index contributed by atoms with van der Waals surface area (Å²) >= 11 is 0. The van der Waals surface area contributed by atoms with Crippen LogP contribution in [0.2, 0.25) is 0 Å². The maximum absolute atomic E-state index is 8.85. The lowest BCUT2D eigenvalue weighted by molar-refractivity contribution is 0.112. The van der Waals surface area contributed by atoms with E-state index in [0.29, 0.717) is 12.2 Å². The van der Waals surface area contributed by atoms with Gasteiger partial charge < -0.3 is 4.74 Å². The summed E-state index contributed by atoms with van der Waals surface area (Å²) in [5, 5.41) is 8.85. The number of hydrogen-bond donors (Lipinski definition) is 0. The molecular formula is C16H21N3O. The molecule has 1 saturated carbocycles. The number of nitriles is 1. The van der Waals surface area contributed by atoms with Crippen LogP contribution in [-0.4, -0.2) is 55.2 Å². The average Bonchev–Trinajstić information content (AvgIpc) is 3.33. The largest absolute Gasteiger partial charge is 0.492 e. The van der Waals surface area contributed by atoms with Gasteiger partial charge in [-0.15, -0.1) is 0 Å². The van der Waals surface area contributed by atoms with E-state index in [1.165, 1.54) is 25.9 Å². The first-order valence-corrected chi connectivity index (χ1v) is 7.44. The fraction of sp³-hybridized carbons (Fsp3) is 0.562. The third-order valence-electron chi connectivity index (χ3n) is 4.11. The molecule has 1 aliphatic heterocycles. The van der Waals surface area contributed by atoms with Crippen LogP contribution >= 0.6 is 0 Å². The molecule has 2 fully saturated rings. The van der Waals surface area contributed by atoms with Gasteiger partial charge in [-0.3, -0.25) is 9.80 Å². The Morgan fingerprint density at radius 2 is 2.00 bits per heavy atom. The first-order chi connectivity index (χ1) is 9.85. The second-order valence-corrected chi connectivity index (χ2v) is 5.60. The highest BCUT2D eigenvalue weighted by Crippen LogP contribution is 2.27. The molecule has 0 atom stereocenters. The summed E-state index contributed by atoms with van der Waals surface area (Å²) < 4.78 is 5.73. The standard InChI is InChI=1S/C16H21N3O/c17-13-14-2-1-3-16(12-14)20-11-10-18-6-8-19(9-7-18)15-4-5-15/h1-3,12,15H,4-11H2. The maximum atomic E-state index is 8.85. The lowest BCUT2D eigenvalue weighted by Gasteiger charge is -2.34. The molecule has 0 unspecified atom stereocenters. The molecule has 106 valence electrons. The molecule has 1 aliphatic carbocycles. The summed E-state index contributed by atoms with van der Waals surface area (Å²) in [4.78, 5) is 5.08. The molecule has 0 spiro atoms. The van der Waals surface area contributed by atoms with Gasteiger partial charge in [0.1, 0.15) is 12.4 Å². The van der Waals surface area contributed by atoms with Crippen LogP contribution in [0.5, 0.6) is 5.75 Å². The molecule has 4 nitrogen and oxygen atoms in total. The molecule has 4 heteroatoms. The molecule has 20 heavy (non-hydrogen) atoms. The van der Waals surface area contributed by atoms with E-state index >= 15 is 0 Å². The molecule has 0 amide bonds. The quantitative estimate of drug-likeness (QED) is 0.817. The van der Waals surface area contributed by atoms with Crippen LogP contribution in [0, 0.1) is 11.3 Å². The Hall–Kier alpha value is -1.57. The van der Waals surface area contributed by atoms with Crippen LogP contribution in [0.15, 0.2) is 24.3 Å².